The van der Waals surface area contributed by atoms with Crippen molar-refractivity contribution in [3.05, 3.63) is 29.1 Å². The van der Waals surface area contributed by atoms with Gasteiger partial charge in [-0.1, -0.05) is 20.8 Å². The molecular weight excluding hydrogens is 243 g/mol. The van der Waals surface area contributed by atoms with E-state index in [1.54, 1.807) is 6.92 Å². The van der Waals surface area contributed by atoms with Gasteiger partial charge in [0.05, 0.1) is 0 Å². The molecule has 0 atom stereocenters. The summed E-state index contributed by atoms with van der Waals surface area (Å²) in [4.78, 5) is 12.2. The van der Waals surface area contributed by atoms with Gasteiger partial charge in [0, 0.05) is 22.4 Å². The lowest BCUT2D eigenvalue weighted by molar-refractivity contribution is 0.0888. The second-order valence-corrected chi connectivity index (χ2v) is 4.97. The average molecular weight is 266 g/mol. The molecule has 0 spiro atoms. The highest BCUT2D eigenvalue weighted by molar-refractivity contribution is 5.95. The number of halogens is 1. The molecule has 3 nitrogen and oxygen atoms in total. The zero-order valence-electron chi connectivity index (χ0n) is 12.1. The number of amides is 1. The zero-order valence-corrected chi connectivity index (χ0v) is 12.1. The topological polar surface area (TPSA) is 55.1 Å². The summed E-state index contributed by atoms with van der Waals surface area (Å²) in [5, 5.41) is 3.01. The van der Waals surface area contributed by atoms with Gasteiger partial charge in [0.25, 0.3) is 5.91 Å². The molecule has 0 aliphatic rings. The van der Waals surface area contributed by atoms with E-state index >= 15 is 0 Å². The number of benzene rings is 1. The van der Waals surface area contributed by atoms with Crippen molar-refractivity contribution in [3.63, 3.8) is 0 Å². The fraction of sp³-hybridized carbons (Fsp3) is 0.533. The maximum atomic E-state index is 13.6. The van der Waals surface area contributed by atoms with Gasteiger partial charge in [0.1, 0.15) is 5.82 Å². The molecule has 0 unspecified atom stereocenters. The van der Waals surface area contributed by atoms with Crippen molar-refractivity contribution in [1.82, 2.24) is 5.32 Å². The van der Waals surface area contributed by atoms with E-state index < -0.39 is 5.82 Å². The van der Waals surface area contributed by atoms with Crippen LogP contribution in [-0.4, -0.2) is 11.4 Å². The van der Waals surface area contributed by atoms with Crippen LogP contribution in [0.25, 0.3) is 0 Å². The molecule has 1 aromatic carbocycles. The number of anilines is 1. The van der Waals surface area contributed by atoms with Gasteiger partial charge in [-0.05, 0) is 38.3 Å². The Morgan fingerprint density at radius 1 is 1.26 bits per heavy atom. The first-order chi connectivity index (χ1) is 8.89. The van der Waals surface area contributed by atoms with Crippen molar-refractivity contribution < 1.29 is 9.18 Å². The molecule has 1 rings (SSSR count). The SMILES string of the molecule is CCC(CC)(CC)NC(=O)c1cc(N)c(C)c(F)c1. The third-order valence-corrected chi connectivity index (χ3v) is 4.06. The van der Waals surface area contributed by atoms with Crippen LogP contribution in [0.15, 0.2) is 12.1 Å². The Labute approximate surface area is 114 Å². The monoisotopic (exact) mass is 266 g/mol. The normalized spacial score (nSPS) is 11.4. The van der Waals surface area contributed by atoms with Gasteiger partial charge >= 0.3 is 0 Å². The molecule has 0 saturated carbocycles. The van der Waals surface area contributed by atoms with Crippen molar-refractivity contribution in [2.45, 2.75) is 52.5 Å². The van der Waals surface area contributed by atoms with Crippen LogP contribution in [0.5, 0.6) is 0 Å². The molecule has 0 aliphatic carbocycles. The summed E-state index contributed by atoms with van der Waals surface area (Å²) < 4.78 is 13.6. The second-order valence-electron chi connectivity index (χ2n) is 4.97. The first-order valence-electron chi connectivity index (χ1n) is 6.77. The number of hydrogen-bond acceptors (Lipinski definition) is 2. The van der Waals surface area contributed by atoms with Gasteiger partial charge < -0.3 is 11.1 Å². The first-order valence-corrected chi connectivity index (χ1v) is 6.77. The largest absolute Gasteiger partial charge is 0.398 e. The highest BCUT2D eigenvalue weighted by Gasteiger charge is 2.26. The fourth-order valence-electron chi connectivity index (χ4n) is 2.16. The summed E-state index contributed by atoms with van der Waals surface area (Å²) in [6.07, 6.45) is 2.53. The number of nitrogens with two attached hydrogens (primary N) is 1. The Hall–Kier alpha value is -1.58. The predicted molar refractivity (Wildman–Crippen MR) is 76.6 cm³/mol. The minimum absolute atomic E-state index is 0.229. The van der Waals surface area contributed by atoms with Crippen LogP contribution in [0.1, 0.15) is 56.0 Å². The Kier molecular flexibility index (Phi) is 4.92. The molecule has 4 heteroatoms. The molecule has 1 amide bonds. The van der Waals surface area contributed by atoms with Crippen LogP contribution in [0, 0.1) is 12.7 Å². The number of carbonyl (C=O) groups is 1. The van der Waals surface area contributed by atoms with Gasteiger partial charge in [-0.15, -0.1) is 0 Å². The molecule has 106 valence electrons. The molecule has 0 aliphatic heterocycles. The number of rotatable bonds is 5. The second kappa shape index (κ2) is 6.04. The van der Waals surface area contributed by atoms with Crippen LogP contribution in [0.4, 0.5) is 10.1 Å². The van der Waals surface area contributed by atoms with Crippen LogP contribution < -0.4 is 11.1 Å². The summed E-state index contributed by atoms with van der Waals surface area (Å²) >= 11 is 0. The molecule has 0 bridgehead atoms. The minimum Gasteiger partial charge on any atom is -0.398 e. The summed E-state index contributed by atoms with van der Waals surface area (Å²) in [7, 11) is 0. The Morgan fingerprint density at radius 3 is 2.21 bits per heavy atom. The zero-order chi connectivity index (χ0) is 14.6. The van der Waals surface area contributed by atoms with Crippen molar-refractivity contribution in [3.8, 4) is 0 Å². The van der Waals surface area contributed by atoms with Gasteiger partial charge in [-0.2, -0.15) is 0 Å². The van der Waals surface area contributed by atoms with E-state index in [-0.39, 0.29) is 17.0 Å². The predicted octanol–water partition coefficient (Wildman–Crippen LogP) is 3.41. The van der Waals surface area contributed by atoms with Gasteiger partial charge in [0.2, 0.25) is 0 Å². The standard InChI is InChI=1S/C15H23FN2O/c1-5-15(6-2,7-3)18-14(19)11-8-12(16)10(4)13(17)9-11/h8-9H,5-7,17H2,1-4H3,(H,18,19). The molecule has 0 radical (unpaired) electrons. The van der Waals surface area contributed by atoms with E-state index in [0.29, 0.717) is 11.3 Å². The summed E-state index contributed by atoms with van der Waals surface area (Å²) in [5.74, 6) is -0.712. The van der Waals surface area contributed by atoms with E-state index in [1.807, 2.05) is 20.8 Å². The van der Waals surface area contributed by atoms with Crippen molar-refractivity contribution in [2.75, 3.05) is 5.73 Å². The van der Waals surface area contributed by atoms with E-state index in [0.717, 1.165) is 19.3 Å². The Bertz CT molecular complexity index is 436. The van der Waals surface area contributed by atoms with Crippen LogP contribution in [0.3, 0.4) is 0 Å². The average Bonchev–Trinajstić information content (AvgIpc) is 2.41. The Morgan fingerprint density at radius 2 is 1.79 bits per heavy atom. The van der Waals surface area contributed by atoms with Crippen molar-refractivity contribution >= 4 is 11.6 Å². The summed E-state index contributed by atoms with van der Waals surface area (Å²) in [6, 6.07) is 2.77. The van der Waals surface area contributed by atoms with E-state index in [2.05, 4.69) is 5.32 Å². The molecule has 0 saturated heterocycles. The highest BCUT2D eigenvalue weighted by Crippen LogP contribution is 2.22. The molecule has 3 N–H and O–H groups in total. The molecular formula is C15H23FN2O. The molecule has 0 heterocycles. The highest BCUT2D eigenvalue weighted by atomic mass is 19.1. The lowest BCUT2D eigenvalue weighted by Gasteiger charge is -2.31. The van der Waals surface area contributed by atoms with Crippen LogP contribution in [-0.2, 0) is 0 Å². The smallest absolute Gasteiger partial charge is 0.251 e. The Balaban J connectivity index is 3.01. The minimum atomic E-state index is -0.444. The van der Waals surface area contributed by atoms with Crippen LogP contribution in [0.2, 0.25) is 0 Å². The summed E-state index contributed by atoms with van der Waals surface area (Å²) in [5.41, 5.74) is 6.43. The lowest BCUT2D eigenvalue weighted by atomic mass is 9.89. The molecule has 19 heavy (non-hydrogen) atoms. The van der Waals surface area contributed by atoms with E-state index in [9.17, 15) is 9.18 Å². The molecule has 0 fully saturated rings. The van der Waals surface area contributed by atoms with Gasteiger partial charge in [0.15, 0.2) is 0 Å². The molecule has 1 aromatic rings. The number of hydrogen-bond donors (Lipinski definition) is 2. The van der Waals surface area contributed by atoms with Gasteiger partial charge in [-0.3, -0.25) is 4.79 Å². The first kappa shape index (κ1) is 15.5. The maximum absolute atomic E-state index is 13.6. The van der Waals surface area contributed by atoms with E-state index in [1.165, 1.54) is 12.1 Å². The number of nitrogen functional groups attached to an aromatic ring is 1. The number of carbonyl (C=O) groups excluding carboxylic acids is 1. The third kappa shape index (κ3) is 3.25. The quantitative estimate of drug-likeness (QED) is 0.802. The summed E-state index contributed by atoms with van der Waals surface area (Å²) in [6.45, 7) is 7.72. The fourth-order valence-corrected chi connectivity index (χ4v) is 2.16. The van der Waals surface area contributed by atoms with E-state index in [4.69, 9.17) is 5.73 Å². The van der Waals surface area contributed by atoms with Crippen LogP contribution >= 0.6 is 0 Å². The maximum Gasteiger partial charge on any atom is 0.251 e. The molecule has 0 aromatic heterocycles. The van der Waals surface area contributed by atoms with Gasteiger partial charge in [-0.25, -0.2) is 4.39 Å². The lowest BCUT2D eigenvalue weighted by Crippen LogP contribution is -2.47. The van der Waals surface area contributed by atoms with Crippen molar-refractivity contribution in [2.24, 2.45) is 0 Å². The van der Waals surface area contributed by atoms with Crippen molar-refractivity contribution in [1.29, 1.82) is 0 Å². The third-order valence-electron chi connectivity index (χ3n) is 4.06. The number of nitrogens with one attached hydrogen (secondary N) is 1.